The minimum absolute atomic E-state index is 0.0669. The second-order valence-corrected chi connectivity index (χ2v) is 5.60. The summed E-state index contributed by atoms with van der Waals surface area (Å²) in [5.74, 6) is -1.40. The van der Waals surface area contributed by atoms with Crippen molar-refractivity contribution in [3.63, 3.8) is 0 Å². The van der Waals surface area contributed by atoms with Gasteiger partial charge in [0.25, 0.3) is 11.1 Å². The number of rotatable bonds is 3. The third-order valence-electron chi connectivity index (χ3n) is 2.94. The molecule has 2 amide bonds. The van der Waals surface area contributed by atoms with E-state index in [1.165, 1.54) is 12.1 Å². The highest BCUT2D eigenvalue weighted by Gasteiger charge is 2.36. The maximum Gasteiger partial charge on any atom is 0.419 e. The number of phenolic OH excluding ortho intramolecular Hbond substituents is 1. The maximum absolute atomic E-state index is 12.7. The van der Waals surface area contributed by atoms with Crippen LogP contribution in [0.3, 0.4) is 0 Å². The fourth-order valence-electron chi connectivity index (χ4n) is 1.94. The Morgan fingerprint density at radius 2 is 2.00 bits per heavy atom. The Hall–Kier alpha value is -1.96. The van der Waals surface area contributed by atoms with Crippen molar-refractivity contribution in [3.05, 3.63) is 34.2 Å². The molecular formula is C14H12F3NO3S. The number of nitrogens with zero attached hydrogens (tertiary/aromatic N) is 1. The summed E-state index contributed by atoms with van der Waals surface area (Å²) in [4.78, 5) is 24.8. The number of carbonyl (C=O) groups is 2. The number of imide groups is 1. The van der Waals surface area contributed by atoms with Crippen molar-refractivity contribution in [2.75, 3.05) is 6.54 Å². The Labute approximate surface area is 128 Å². The molecule has 1 aliphatic heterocycles. The SMILES string of the molecule is CCCN1C(=O)S/C(=C\c2ccc(O)c(C(F)(F)F)c2)C1=O. The Balaban J connectivity index is 2.35. The molecular weight excluding hydrogens is 319 g/mol. The van der Waals surface area contributed by atoms with E-state index in [0.29, 0.717) is 18.2 Å². The molecule has 0 aliphatic carbocycles. The molecule has 1 N–H and O–H groups in total. The van der Waals surface area contributed by atoms with Gasteiger partial charge in [-0.3, -0.25) is 14.5 Å². The zero-order chi connectivity index (χ0) is 16.5. The molecule has 1 heterocycles. The number of aromatic hydroxyl groups is 1. The van der Waals surface area contributed by atoms with Gasteiger partial charge in [-0.1, -0.05) is 13.0 Å². The van der Waals surface area contributed by atoms with Crippen LogP contribution in [0.5, 0.6) is 5.75 Å². The van der Waals surface area contributed by atoms with E-state index in [-0.39, 0.29) is 17.0 Å². The van der Waals surface area contributed by atoms with Crippen molar-refractivity contribution < 1.29 is 27.9 Å². The topological polar surface area (TPSA) is 57.6 Å². The van der Waals surface area contributed by atoms with Crippen LogP contribution in [-0.4, -0.2) is 27.7 Å². The van der Waals surface area contributed by atoms with E-state index in [4.69, 9.17) is 0 Å². The smallest absolute Gasteiger partial charge is 0.419 e. The molecule has 22 heavy (non-hydrogen) atoms. The van der Waals surface area contributed by atoms with Gasteiger partial charge in [0.05, 0.1) is 10.5 Å². The van der Waals surface area contributed by atoms with Gasteiger partial charge in [0.15, 0.2) is 0 Å². The lowest BCUT2D eigenvalue weighted by atomic mass is 10.1. The number of halogens is 3. The van der Waals surface area contributed by atoms with Gasteiger partial charge in [-0.15, -0.1) is 0 Å². The Morgan fingerprint density at radius 3 is 2.59 bits per heavy atom. The molecule has 0 spiro atoms. The highest BCUT2D eigenvalue weighted by Crippen LogP contribution is 2.37. The van der Waals surface area contributed by atoms with Gasteiger partial charge in [-0.25, -0.2) is 0 Å². The number of hydrogen-bond acceptors (Lipinski definition) is 4. The summed E-state index contributed by atoms with van der Waals surface area (Å²) in [6, 6.07) is 2.90. The lowest BCUT2D eigenvalue weighted by Crippen LogP contribution is -2.28. The molecule has 0 aromatic heterocycles. The van der Waals surface area contributed by atoms with E-state index >= 15 is 0 Å². The van der Waals surface area contributed by atoms with Crippen molar-refractivity contribution >= 4 is 29.0 Å². The van der Waals surface area contributed by atoms with E-state index in [1.807, 2.05) is 6.92 Å². The van der Waals surface area contributed by atoms with Crippen LogP contribution in [0, 0.1) is 0 Å². The van der Waals surface area contributed by atoms with Crippen molar-refractivity contribution in [1.29, 1.82) is 0 Å². The van der Waals surface area contributed by atoms with Gasteiger partial charge in [0, 0.05) is 6.54 Å². The summed E-state index contributed by atoms with van der Waals surface area (Å²) in [5, 5.41) is 8.83. The first kappa shape index (κ1) is 16.4. The lowest BCUT2D eigenvalue weighted by Gasteiger charge is -2.10. The van der Waals surface area contributed by atoms with E-state index in [2.05, 4.69) is 0 Å². The van der Waals surface area contributed by atoms with Crippen LogP contribution in [0.2, 0.25) is 0 Å². The molecule has 0 saturated carbocycles. The molecule has 1 aromatic rings. The van der Waals surface area contributed by atoms with Crippen LogP contribution in [0.1, 0.15) is 24.5 Å². The fourth-order valence-corrected chi connectivity index (χ4v) is 2.80. The number of alkyl halides is 3. The van der Waals surface area contributed by atoms with E-state index in [1.54, 1.807) is 0 Å². The molecule has 0 unspecified atom stereocenters. The quantitative estimate of drug-likeness (QED) is 0.855. The van der Waals surface area contributed by atoms with Crippen LogP contribution < -0.4 is 0 Å². The van der Waals surface area contributed by atoms with Gasteiger partial charge in [0.1, 0.15) is 5.75 Å². The predicted molar refractivity (Wildman–Crippen MR) is 76.1 cm³/mol. The van der Waals surface area contributed by atoms with E-state index in [0.717, 1.165) is 17.0 Å². The zero-order valence-electron chi connectivity index (χ0n) is 11.5. The largest absolute Gasteiger partial charge is 0.507 e. The summed E-state index contributed by atoms with van der Waals surface area (Å²) >= 11 is 0.689. The second-order valence-electron chi connectivity index (χ2n) is 4.61. The molecule has 8 heteroatoms. The third-order valence-corrected chi connectivity index (χ3v) is 3.85. The number of carbonyl (C=O) groups excluding carboxylic acids is 2. The third kappa shape index (κ3) is 3.27. The average Bonchev–Trinajstić information content (AvgIpc) is 2.68. The minimum atomic E-state index is -4.70. The number of phenols is 1. The summed E-state index contributed by atoms with van der Waals surface area (Å²) in [5.41, 5.74) is -1.10. The molecule has 0 bridgehead atoms. The number of thioether (sulfide) groups is 1. The molecule has 1 aliphatic rings. The first-order valence-corrected chi connectivity index (χ1v) is 7.21. The summed E-state index contributed by atoms with van der Waals surface area (Å²) in [7, 11) is 0. The van der Waals surface area contributed by atoms with Gasteiger partial charge >= 0.3 is 6.18 Å². The van der Waals surface area contributed by atoms with Crippen molar-refractivity contribution in [3.8, 4) is 5.75 Å². The number of amides is 2. The molecule has 1 saturated heterocycles. The Morgan fingerprint density at radius 1 is 1.32 bits per heavy atom. The Bertz CT molecular complexity index is 655. The van der Waals surface area contributed by atoms with Crippen LogP contribution in [0.15, 0.2) is 23.1 Å². The molecule has 1 aromatic carbocycles. The predicted octanol–water partition coefficient (Wildman–Crippen LogP) is 3.86. The van der Waals surface area contributed by atoms with Crippen LogP contribution in [0.25, 0.3) is 6.08 Å². The maximum atomic E-state index is 12.7. The summed E-state index contributed by atoms with van der Waals surface area (Å²) < 4.78 is 38.2. The molecule has 0 radical (unpaired) electrons. The van der Waals surface area contributed by atoms with E-state index < -0.39 is 28.6 Å². The highest BCUT2D eigenvalue weighted by atomic mass is 32.2. The summed E-state index contributed by atoms with van der Waals surface area (Å²) in [6.45, 7) is 2.08. The van der Waals surface area contributed by atoms with Gasteiger partial charge in [0.2, 0.25) is 0 Å². The van der Waals surface area contributed by atoms with Crippen molar-refractivity contribution in [2.45, 2.75) is 19.5 Å². The molecule has 0 atom stereocenters. The average molecular weight is 331 g/mol. The normalized spacial score (nSPS) is 17.6. The number of benzene rings is 1. The monoisotopic (exact) mass is 331 g/mol. The highest BCUT2D eigenvalue weighted by molar-refractivity contribution is 8.18. The van der Waals surface area contributed by atoms with Gasteiger partial charge in [-0.05, 0) is 42.0 Å². The first-order valence-electron chi connectivity index (χ1n) is 6.39. The van der Waals surface area contributed by atoms with Crippen molar-refractivity contribution in [2.24, 2.45) is 0 Å². The van der Waals surface area contributed by atoms with Crippen LogP contribution >= 0.6 is 11.8 Å². The fraction of sp³-hybridized carbons (Fsp3) is 0.286. The van der Waals surface area contributed by atoms with Gasteiger partial charge < -0.3 is 5.11 Å². The molecule has 4 nitrogen and oxygen atoms in total. The first-order chi connectivity index (χ1) is 10.2. The molecule has 1 fully saturated rings. The second kappa shape index (κ2) is 6.04. The standard InChI is InChI=1S/C14H12F3NO3S/c1-2-5-18-12(20)11(22-13(18)21)7-8-3-4-10(19)9(6-8)14(15,16)17/h3-4,6-7,19H,2,5H2,1H3/b11-7-. The molecule has 2 rings (SSSR count). The zero-order valence-corrected chi connectivity index (χ0v) is 12.3. The van der Waals surface area contributed by atoms with Gasteiger partial charge in [-0.2, -0.15) is 13.2 Å². The molecule has 118 valence electrons. The lowest BCUT2D eigenvalue weighted by molar-refractivity contribution is -0.138. The summed E-state index contributed by atoms with van der Waals surface area (Å²) in [6.07, 6.45) is -2.88. The Kier molecular flexibility index (Phi) is 4.50. The van der Waals surface area contributed by atoms with Crippen molar-refractivity contribution in [1.82, 2.24) is 4.90 Å². The van der Waals surface area contributed by atoms with Crippen LogP contribution in [-0.2, 0) is 11.0 Å². The minimum Gasteiger partial charge on any atom is -0.507 e. The number of hydrogen-bond donors (Lipinski definition) is 1. The van der Waals surface area contributed by atoms with Crippen LogP contribution in [0.4, 0.5) is 18.0 Å². The van der Waals surface area contributed by atoms with E-state index in [9.17, 15) is 27.9 Å².